The van der Waals surface area contributed by atoms with E-state index < -0.39 is 0 Å². The van der Waals surface area contributed by atoms with Crippen LogP contribution in [0, 0.1) is 23.0 Å². The minimum Gasteiger partial charge on any atom is -0.366 e. The average Bonchev–Trinajstić information content (AvgIpc) is 2.62. The number of rotatable bonds is 4. The van der Waals surface area contributed by atoms with Crippen LogP contribution in [-0.2, 0) is 4.79 Å². The van der Waals surface area contributed by atoms with E-state index in [1.807, 2.05) is 24.0 Å². The first-order chi connectivity index (χ1) is 12.4. The zero-order valence-corrected chi connectivity index (χ0v) is 15.9. The Hall–Kier alpha value is -2.48. The number of nitrogens with one attached hydrogen (secondary N) is 1. The molecule has 1 N–H and O–H groups in total. The van der Waals surface area contributed by atoms with Crippen molar-refractivity contribution in [1.29, 1.82) is 0 Å². The molecule has 3 rings (SSSR count). The molecule has 26 heavy (non-hydrogen) atoms. The van der Waals surface area contributed by atoms with Crippen LogP contribution in [0.3, 0.4) is 0 Å². The summed E-state index contributed by atoms with van der Waals surface area (Å²) in [6, 6.07) is 8.76. The summed E-state index contributed by atoms with van der Waals surface area (Å²) in [6.07, 6.45) is 2.95. The number of hydrogen-bond acceptors (Lipinski definition) is 5. The predicted octanol–water partition coefficient (Wildman–Crippen LogP) is 3.92. The lowest BCUT2D eigenvalue weighted by Crippen LogP contribution is -2.38. The zero-order valence-electron chi connectivity index (χ0n) is 14.3. The number of anilines is 2. The summed E-state index contributed by atoms with van der Waals surface area (Å²) in [5.41, 5.74) is 1.70. The molecule has 1 aliphatic heterocycles. The predicted molar refractivity (Wildman–Crippen MR) is 103 cm³/mol. The van der Waals surface area contributed by atoms with Gasteiger partial charge in [0, 0.05) is 35.7 Å². The first kappa shape index (κ1) is 18.3. The van der Waals surface area contributed by atoms with Gasteiger partial charge in [-0.05, 0) is 49.6 Å². The second kappa shape index (κ2) is 7.82. The lowest BCUT2D eigenvalue weighted by molar-refractivity contribution is -0.384. The molecular weight excluding hydrogens is 400 g/mol. The smallest absolute Gasteiger partial charge is 0.293 e. The molecular formula is C18H19BrN4O3. The van der Waals surface area contributed by atoms with Gasteiger partial charge >= 0.3 is 0 Å². The molecule has 2 aromatic rings. The van der Waals surface area contributed by atoms with Crippen LogP contribution < -0.4 is 10.2 Å². The van der Waals surface area contributed by atoms with Gasteiger partial charge in [0.05, 0.1) is 4.92 Å². The van der Waals surface area contributed by atoms with Crippen LogP contribution in [-0.4, -0.2) is 28.9 Å². The Morgan fingerprint density at radius 1 is 1.31 bits per heavy atom. The van der Waals surface area contributed by atoms with Gasteiger partial charge in [0.15, 0.2) is 0 Å². The second-order valence-corrected chi connectivity index (χ2v) is 7.27. The largest absolute Gasteiger partial charge is 0.366 e. The van der Waals surface area contributed by atoms with Crippen molar-refractivity contribution in [2.24, 2.45) is 5.92 Å². The summed E-state index contributed by atoms with van der Waals surface area (Å²) in [4.78, 5) is 29.5. The molecule has 1 aliphatic rings. The third-order valence-electron chi connectivity index (χ3n) is 4.51. The summed E-state index contributed by atoms with van der Waals surface area (Å²) in [7, 11) is 0. The van der Waals surface area contributed by atoms with Crippen LogP contribution >= 0.6 is 15.9 Å². The highest BCUT2D eigenvalue weighted by Gasteiger charge is 2.28. The maximum Gasteiger partial charge on any atom is 0.293 e. The van der Waals surface area contributed by atoms with E-state index >= 15 is 0 Å². The summed E-state index contributed by atoms with van der Waals surface area (Å²) in [5, 5.41) is 14.2. The summed E-state index contributed by atoms with van der Waals surface area (Å²) in [6.45, 7) is 3.14. The SMILES string of the molecule is Cc1ccnc(NC(=O)C2CCN(c3ccc(Br)cc3[N+](=O)[O-])CC2)c1. The number of carbonyl (C=O) groups excluding carboxylic acids is 1. The normalized spacial score (nSPS) is 14.9. The van der Waals surface area contributed by atoms with Crippen LogP contribution in [0.25, 0.3) is 0 Å². The van der Waals surface area contributed by atoms with Gasteiger partial charge in [-0.1, -0.05) is 15.9 Å². The fraction of sp³-hybridized carbons (Fsp3) is 0.333. The average molecular weight is 419 g/mol. The molecule has 1 aromatic carbocycles. The number of piperidine rings is 1. The van der Waals surface area contributed by atoms with Gasteiger partial charge in [-0.3, -0.25) is 14.9 Å². The first-order valence-corrected chi connectivity index (χ1v) is 9.16. The molecule has 0 saturated carbocycles. The first-order valence-electron chi connectivity index (χ1n) is 8.36. The number of nitro benzene ring substituents is 1. The van der Waals surface area contributed by atoms with Crippen molar-refractivity contribution >= 4 is 39.0 Å². The van der Waals surface area contributed by atoms with Crippen molar-refractivity contribution in [3.05, 3.63) is 56.7 Å². The number of nitro groups is 1. The van der Waals surface area contributed by atoms with Crippen molar-refractivity contribution in [1.82, 2.24) is 4.98 Å². The molecule has 1 saturated heterocycles. The molecule has 8 heteroatoms. The van der Waals surface area contributed by atoms with Crippen LogP contribution in [0.1, 0.15) is 18.4 Å². The number of carbonyl (C=O) groups is 1. The Morgan fingerprint density at radius 2 is 2.04 bits per heavy atom. The molecule has 1 fully saturated rings. The van der Waals surface area contributed by atoms with Crippen molar-refractivity contribution in [3.8, 4) is 0 Å². The minimum absolute atomic E-state index is 0.0481. The Morgan fingerprint density at radius 3 is 2.69 bits per heavy atom. The Kier molecular flexibility index (Phi) is 5.51. The highest BCUT2D eigenvalue weighted by Crippen LogP contribution is 2.33. The fourth-order valence-electron chi connectivity index (χ4n) is 3.13. The summed E-state index contributed by atoms with van der Waals surface area (Å²) >= 11 is 3.27. The second-order valence-electron chi connectivity index (χ2n) is 6.36. The van der Waals surface area contributed by atoms with Crippen molar-refractivity contribution in [3.63, 3.8) is 0 Å². The molecule has 0 atom stereocenters. The van der Waals surface area contributed by atoms with Gasteiger partial charge in [0.1, 0.15) is 11.5 Å². The van der Waals surface area contributed by atoms with Gasteiger partial charge in [-0.15, -0.1) is 0 Å². The van der Waals surface area contributed by atoms with Gasteiger partial charge in [-0.25, -0.2) is 4.98 Å². The number of nitrogens with zero attached hydrogens (tertiary/aromatic N) is 3. The highest BCUT2D eigenvalue weighted by atomic mass is 79.9. The third kappa shape index (κ3) is 4.19. The standard InChI is InChI=1S/C18H19BrN4O3/c1-12-4-7-20-17(10-12)21-18(24)13-5-8-22(9-6-13)15-3-2-14(19)11-16(15)23(25)26/h2-4,7,10-11,13H,5-6,8-9H2,1H3,(H,20,21,24). The van der Waals surface area contributed by atoms with Crippen molar-refractivity contribution < 1.29 is 9.72 Å². The van der Waals surface area contributed by atoms with E-state index in [0.717, 1.165) is 5.56 Å². The Labute approximate surface area is 159 Å². The number of amides is 1. The quantitative estimate of drug-likeness (QED) is 0.600. The fourth-order valence-corrected chi connectivity index (χ4v) is 3.47. The molecule has 1 amide bonds. The number of aryl methyl sites for hydroxylation is 1. The van der Waals surface area contributed by atoms with E-state index in [0.29, 0.717) is 41.9 Å². The van der Waals surface area contributed by atoms with Gasteiger partial charge in [0.25, 0.3) is 5.69 Å². The van der Waals surface area contributed by atoms with Crippen molar-refractivity contribution in [2.45, 2.75) is 19.8 Å². The van der Waals surface area contributed by atoms with E-state index in [4.69, 9.17) is 0 Å². The summed E-state index contributed by atoms with van der Waals surface area (Å²) < 4.78 is 0.674. The summed E-state index contributed by atoms with van der Waals surface area (Å²) in [5.74, 6) is 0.386. The minimum atomic E-state index is -0.373. The van der Waals surface area contributed by atoms with Crippen LogP contribution in [0.2, 0.25) is 0 Å². The van der Waals surface area contributed by atoms with E-state index in [9.17, 15) is 14.9 Å². The maximum atomic E-state index is 12.5. The van der Waals surface area contributed by atoms with Gasteiger partial charge in [0.2, 0.25) is 5.91 Å². The number of benzene rings is 1. The van der Waals surface area contributed by atoms with Crippen molar-refractivity contribution in [2.75, 3.05) is 23.3 Å². The molecule has 1 aromatic heterocycles. The topological polar surface area (TPSA) is 88.4 Å². The Balaban J connectivity index is 1.64. The number of pyridine rings is 1. The van der Waals surface area contributed by atoms with E-state index in [1.54, 1.807) is 18.3 Å². The van der Waals surface area contributed by atoms with Crippen LogP contribution in [0.5, 0.6) is 0 Å². The molecule has 0 unspecified atom stereocenters. The number of aromatic nitrogens is 1. The lowest BCUT2D eigenvalue weighted by atomic mass is 9.95. The molecule has 136 valence electrons. The molecule has 2 heterocycles. The molecule has 0 radical (unpaired) electrons. The molecule has 0 spiro atoms. The Bertz CT molecular complexity index is 835. The van der Waals surface area contributed by atoms with E-state index in [1.165, 1.54) is 6.07 Å². The van der Waals surface area contributed by atoms with E-state index in [2.05, 4.69) is 26.2 Å². The number of halogens is 1. The highest BCUT2D eigenvalue weighted by molar-refractivity contribution is 9.10. The molecule has 7 nitrogen and oxygen atoms in total. The lowest BCUT2D eigenvalue weighted by Gasteiger charge is -2.32. The molecule has 0 bridgehead atoms. The van der Waals surface area contributed by atoms with Crippen LogP contribution in [0.4, 0.5) is 17.2 Å². The molecule has 0 aliphatic carbocycles. The zero-order chi connectivity index (χ0) is 18.7. The monoisotopic (exact) mass is 418 g/mol. The number of hydrogen-bond donors (Lipinski definition) is 1. The van der Waals surface area contributed by atoms with Gasteiger partial charge < -0.3 is 10.2 Å². The third-order valence-corrected chi connectivity index (χ3v) is 5.00. The van der Waals surface area contributed by atoms with Crippen LogP contribution in [0.15, 0.2) is 41.0 Å². The van der Waals surface area contributed by atoms with Gasteiger partial charge in [-0.2, -0.15) is 0 Å². The van der Waals surface area contributed by atoms with E-state index in [-0.39, 0.29) is 22.4 Å². The maximum absolute atomic E-state index is 12.5.